The molecule has 3 aromatic rings. The third-order valence-electron chi connectivity index (χ3n) is 3.41. The van der Waals surface area contributed by atoms with Crippen LogP contribution in [0.25, 0.3) is 10.9 Å². The van der Waals surface area contributed by atoms with Gasteiger partial charge in [0.15, 0.2) is 0 Å². The number of rotatable bonds is 3. The van der Waals surface area contributed by atoms with E-state index in [-0.39, 0.29) is 0 Å². The third kappa shape index (κ3) is 2.10. The molecule has 0 aliphatic carbocycles. The fourth-order valence-corrected chi connectivity index (χ4v) is 3.10. The maximum atomic E-state index is 11.2. The van der Waals surface area contributed by atoms with Gasteiger partial charge in [0.1, 0.15) is 0 Å². The molecule has 0 saturated heterocycles. The van der Waals surface area contributed by atoms with Crippen LogP contribution in [-0.4, -0.2) is 20.6 Å². The van der Waals surface area contributed by atoms with Crippen LogP contribution in [0.4, 0.5) is 0 Å². The highest BCUT2D eigenvalue weighted by Crippen LogP contribution is 2.24. The molecule has 0 spiro atoms. The number of carbonyl (C=O) groups is 1. The molecule has 0 aliphatic heterocycles. The van der Waals surface area contributed by atoms with Crippen molar-refractivity contribution < 1.29 is 9.90 Å². The summed E-state index contributed by atoms with van der Waals surface area (Å²) >= 11 is 1.63. The van der Waals surface area contributed by atoms with Crippen LogP contribution in [0, 0.1) is 13.8 Å². The van der Waals surface area contributed by atoms with Crippen molar-refractivity contribution in [3.8, 4) is 0 Å². The summed E-state index contributed by atoms with van der Waals surface area (Å²) in [7, 11) is 0. The Kier molecular flexibility index (Phi) is 3.06. The van der Waals surface area contributed by atoms with Crippen molar-refractivity contribution >= 4 is 28.2 Å². The number of aryl methyl sites for hydroxylation is 2. The number of aromatic nitrogens is 2. The average Bonchev–Trinajstić information content (AvgIpc) is 2.97. The summed E-state index contributed by atoms with van der Waals surface area (Å²) in [6, 6.07) is 5.53. The van der Waals surface area contributed by atoms with Crippen molar-refractivity contribution in [3.05, 3.63) is 51.6 Å². The van der Waals surface area contributed by atoms with E-state index in [9.17, 15) is 9.90 Å². The minimum Gasteiger partial charge on any atom is -0.478 e. The summed E-state index contributed by atoms with van der Waals surface area (Å²) in [5.74, 6) is -0.887. The van der Waals surface area contributed by atoms with Crippen LogP contribution in [-0.2, 0) is 6.54 Å². The Morgan fingerprint density at radius 2 is 2.15 bits per heavy atom. The predicted molar refractivity (Wildman–Crippen MR) is 79.6 cm³/mol. The van der Waals surface area contributed by atoms with Gasteiger partial charge in [0.05, 0.1) is 28.3 Å². The lowest BCUT2D eigenvalue weighted by atomic mass is 10.1. The van der Waals surface area contributed by atoms with E-state index in [2.05, 4.69) is 9.55 Å². The Morgan fingerprint density at radius 1 is 1.35 bits per heavy atom. The van der Waals surface area contributed by atoms with Crippen molar-refractivity contribution in [2.75, 3.05) is 0 Å². The number of nitrogens with zero attached hydrogens (tertiary/aromatic N) is 2. The van der Waals surface area contributed by atoms with Crippen molar-refractivity contribution in [2.24, 2.45) is 0 Å². The molecule has 0 unspecified atom stereocenters. The number of carboxylic acid groups (broad SMARTS) is 1. The van der Waals surface area contributed by atoms with E-state index in [1.165, 1.54) is 0 Å². The molecule has 102 valence electrons. The number of thiazole rings is 1. The number of fused-ring (bicyclic) bond motifs is 1. The molecule has 0 fully saturated rings. The molecule has 20 heavy (non-hydrogen) atoms. The lowest BCUT2D eigenvalue weighted by molar-refractivity contribution is 0.0696. The number of hydrogen-bond donors (Lipinski definition) is 1. The molecule has 0 radical (unpaired) electrons. The smallest absolute Gasteiger partial charge is 0.336 e. The van der Waals surface area contributed by atoms with Crippen molar-refractivity contribution in [2.45, 2.75) is 20.4 Å². The Bertz CT molecular complexity index is 801. The van der Waals surface area contributed by atoms with Gasteiger partial charge in [0, 0.05) is 11.6 Å². The van der Waals surface area contributed by atoms with E-state index in [1.807, 2.05) is 37.6 Å². The van der Waals surface area contributed by atoms with Crippen molar-refractivity contribution in [1.29, 1.82) is 0 Å². The molecule has 0 saturated carbocycles. The first kappa shape index (κ1) is 12.9. The fraction of sp³-hybridized carbons (Fsp3) is 0.200. The van der Waals surface area contributed by atoms with E-state index in [0.717, 1.165) is 27.2 Å². The summed E-state index contributed by atoms with van der Waals surface area (Å²) in [5, 5.41) is 13.4. The first-order chi connectivity index (χ1) is 9.56. The Morgan fingerprint density at radius 3 is 2.80 bits per heavy atom. The third-order valence-corrected chi connectivity index (χ3v) is 4.24. The predicted octanol–water partition coefficient (Wildman–Crippen LogP) is 3.46. The Labute approximate surface area is 120 Å². The topological polar surface area (TPSA) is 55.1 Å². The molecule has 1 aromatic carbocycles. The van der Waals surface area contributed by atoms with Gasteiger partial charge in [0.2, 0.25) is 0 Å². The summed E-state index contributed by atoms with van der Waals surface area (Å²) in [6.07, 6.45) is 1.98. The zero-order valence-electron chi connectivity index (χ0n) is 11.3. The summed E-state index contributed by atoms with van der Waals surface area (Å²) in [4.78, 5) is 15.7. The van der Waals surface area contributed by atoms with Gasteiger partial charge in [-0.05, 0) is 36.9 Å². The van der Waals surface area contributed by atoms with Crippen molar-refractivity contribution in [3.63, 3.8) is 0 Å². The van der Waals surface area contributed by atoms with E-state index >= 15 is 0 Å². The van der Waals surface area contributed by atoms with Gasteiger partial charge in [-0.15, -0.1) is 11.3 Å². The van der Waals surface area contributed by atoms with E-state index in [0.29, 0.717) is 12.1 Å². The van der Waals surface area contributed by atoms with Gasteiger partial charge < -0.3 is 9.67 Å². The average molecular weight is 286 g/mol. The van der Waals surface area contributed by atoms with Crippen LogP contribution in [0.3, 0.4) is 0 Å². The molecular weight excluding hydrogens is 272 g/mol. The van der Waals surface area contributed by atoms with Gasteiger partial charge in [0.25, 0.3) is 0 Å². The van der Waals surface area contributed by atoms with Crippen LogP contribution < -0.4 is 0 Å². The highest BCUT2D eigenvalue weighted by Gasteiger charge is 2.13. The maximum absolute atomic E-state index is 11.2. The molecule has 0 amide bonds. The summed E-state index contributed by atoms with van der Waals surface area (Å²) in [5.41, 5.74) is 3.12. The van der Waals surface area contributed by atoms with Gasteiger partial charge in [-0.1, -0.05) is 6.07 Å². The lowest BCUT2D eigenvalue weighted by Gasteiger charge is -2.08. The standard InChI is InChI=1S/C15H14N2O2S/c1-9-13(15(18)19)4-3-11-5-6-17(14(9)11)7-12-8-20-10(2)16-12/h3-6,8H,7H2,1-2H3,(H,18,19). The normalized spacial score (nSPS) is 11.1. The minimum atomic E-state index is -0.887. The van der Waals surface area contributed by atoms with Gasteiger partial charge in [-0.25, -0.2) is 9.78 Å². The second-order valence-corrected chi connectivity index (χ2v) is 5.84. The molecular formula is C15H14N2O2S. The monoisotopic (exact) mass is 286 g/mol. The molecule has 0 aliphatic rings. The van der Waals surface area contributed by atoms with Crippen LogP contribution in [0.5, 0.6) is 0 Å². The van der Waals surface area contributed by atoms with Gasteiger partial charge in [-0.3, -0.25) is 0 Å². The number of aromatic carboxylic acids is 1. The quantitative estimate of drug-likeness (QED) is 0.802. The Hall–Kier alpha value is -2.14. The van der Waals surface area contributed by atoms with Crippen LogP contribution >= 0.6 is 11.3 Å². The lowest BCUT2D eigenvalue weighted by Crippen LogP contribution is -2.04. The number of carboxylic acids is 1. The van der Waals surface area contributed by atoms with E-state index in [1.54, 1.807) is 17.4 Å². The molecule has 2 heterocycles. The van der Waals surface area contributed by atoms with E-state index < -0.39 is 5.97 Å². The summed E-state index contributed by atoms with van der Waals surface area (Å²) in [6.45, 7) is 4.50. The van der Waals surface area contributed by atoms with Crippen LogP contribution in [0.2, 0.25) is 0 Å². The van der Waals surface area contributed by atoms with Crippen LogP contribution in [0.15, 0.2) is 29.8 Å². The molecule has 0 atom stereocenters. The molecule has 5 heteroatoms. The highest BCUT2D eigenvalue weighted by atomic mass is 32.1. The maximum Gasteiger partial charge on any atom is 0.336 e. The van der Waals surface area contributed by atoms with Crippen LogP contribution in [0.1, 0.15) is 26.6 Å². The first-order valence-electron chi connectivity index (χ1n) is 6.29. The number of hydrogen-bond acceptors (Lipinski definition) is 3. The minimum absolute atomic E-state index is 0.354. The van der Waals surface area contributed by atoms with Gasteiger partial charge in [-0.2, -0.15) is 0 Å². The zero-order chi connectivity index (χ0) is 14.3. The molecule has 0 bridgehead atoms. The second-order valence-electron chi connectivity index (χ2n) is 4.78. The first-order valence-corrected chi connectivity index (χ1v) is 7.17. The molecule has 1 N–H and O–H groups in total. The Balaban J connectivity index is 2.11. The highest BCUT2D eigenvalue weighted by molar-refractivity contribution is 7.09. The molecule has 3 rings (SSSR count). The fourth-order valence-electron chi connectivity index (χ4n) is 2.50. The molecule has 2 aromatic heterocycles. The van der Waals surface area contributed by atoms with Crippen molar-refractivity contribution in [1.82, 2.24) is 9.55 Å². The largest absolute Gasteiger partial charge is 0.478 e. The SMILES string of the molecule is Cc1nc(Cn2ccc3ccc(C(=O)O)c(C)c32)cs1. The number of benzene rings is 1. The summed E-state index contributed by atoms with van der Waals surface area (Å²) < 4.78 is 2.06. The van der Waals surface area contributed by atoms with Gasteiger partial charge >= 0.3 is 5.97 Å². The zero-order valence-corrected chi connectivity index (χ0v) is 12.1. The molecule has 4 nitrogen and oxygen atoms in total. The van der Waals surface area contributed by atoms with E-state index in [4.69, 9.17) is 0 Å². The second kappa shape index (κ2) is 4.76.